The first-order valence-electron chi connectivity index (χ1n) is 10.5. The minimum absolute atomic E-state index is 0.00113. The van der Waals surface area contributed by atoms with Crippen LogP contribution in [0.15, 0.2) is 42.5 Å². The number of anilines is 1. The van der Waals surface area contributed by atoms with Gasteiger partial charge in [0.1, 0.15) is 18.0 Å². The van der Waals surface area contributed by atoms with Crippen molar-refractivity contribution in [2.45, 2.75) is 26.6 Å². The van der Waals surface area contributed by atoms with Crippen molar-refractivity contribution in [3.05, 3.63) is 79.6 Å². The Morgan fingerprint density at radius 1 is 1.16 bits per heavy atom. The van der Waals surface area contributed by atoms with Crippen LogP contribution in [0.25, 0.3) is 11.0 Å². The number of amides is 1. The number of nitro benzene ring substituents is 1. The Labute approximate surface area is 216 Å². The second-order valence-electron chi connectivity index (χ2n) is 7.95. The standard InChI is InChI=1S/C23H16Cl2F3N5O4/c1-11-5-17(23(26,27)28)21-12(2)31-32(22(21)29-11)10-20(34)30-14-7-15(33(35)36)9-16(8-14)37-19-4-3-13(24)6-18(19)25/h3-9H,10H2,1-2H3,(H,30,34). The molecule has 0 unspecified atom stereocenters. The average Bonchev–Trinajstić information content (AvgIpc) is 3.08. The average molecular weight is 554 g/mol. The molecule has 1 amide bonds. The molecule has 0 spiro atoms. The maximum Gasteiger partial charge on any atom is 0.417 e. The molecule has 1 N–H and O–H groups in total. The lowest BCUT2D eigenvalue weighted by atomic mass is 10.1. The summed E-state index contributed by atoms with van der Waals surface area (Å²) in [6.07, 6.45) is -4.64. The van der Waals surface area contributed by atoms with Gasteiger partial charge in [-0.3, -0.25) is 14.9 Å². The number of pyridine rings is 1. The molecule has 2 heterocycles. The number of ether oxygens (including phenoxy) is 1. The molecule has 4 aromatic rings. The molecule has 2 aromatic heterocycles. The van der Waals surface area contributed by atoms with Crippen molar-refractivity contribution in [1.29, 1.82) is 0 Å². The maximum atomic E-state index is 13.6. The van der Waals surface area contributed by atoms with Gasteiger partial charge < -0.3 is 10.1 Å². The largest absolute Gasteiger partial charge is 0.455 e. The fourth-order valence-corrected chi connectivity index (χ4v) is 4.10. The Balaban J connectivity index is 1.63. The number of carbonyl (C=O) groups is 1. The Hall–Kier alpha value is -3.90. The molecular weight excluding hydrogens is 538 g/mol. The predicted octanol–water partition coefficient (Wildman–Crippen LogP) is 6.71. The summed E-state index contributed by atoms with van der Waals surface area (Å²) < 4.78 is 47.3. The van der Waals surface area contributed by atoms with Crippen LogP contribution in [0.2, 0.25) is 10.0 Å². The van der Waals surface area contributed by atoms with Gasteiger partial charge in [-0.15, -0.1) is 0 Å². The third-order valence-corrected chi connectivity index (χ3v) is 5.64. The molecule has 0 saturated heterocycles. The van der Waals surface area contributed by atoms with Crippen molar-refractivity contribution < 1.29 is 27.6 Å². The van der Waals surface area contributed by atoms with Crippen LogP contribution in [0.4, 0.5) is 24.5 Å². The van der Waals surface area contributed by atoms with E-state index in [4.69, 9.17) is 27.9 Å². The van der Waals surface area contributed by atoms with Crippen molar-refractivity contribution in [2.75, 3.05) is 5.32 Å². The summed E-state index contributed by atoms with van der Waals surface area (Å²) in [5.41, 5.74) is -1.24. The third-order valence-electron chi connectivity index (χ3n) is 5.11. The third kappa shape index (κ3) is 5.75. The van der Waals surface area contributed by atoms with E-state index in [2.05, 4.69) is 15.4 Å². The number of halogens is 5. The summed E-state index contributed by atoms with van der Waals surface area (Å²) in [4.78, 5) is 27.6. The summed E-state index contributed by atoms with van der Waals surface area (Å²) in [6, 6.07) is 8.89. The zero-order valence-corrected chi connectivity index (χ0v) is 20.6. The monoisotopic (exact) mass is 553 g/mol. The molecule has 37 heavy (non-hydrogen) atoms. The van der Waals surface area contributed by atoms with Gasteiger partial charge >= 0.3 is 6.18 Å². The molecule has 0 bridgehead atoms. The minimum atomic E-state index is -4.64. The van der Waals surface area contributed by atoms with Crippen LogP contribution >= 0.6 is 23.2 Å². The summed E-state index contributed by atoms with van der Waals surface area (Å²) in [7, 11) is 0. The number of nitro groups is 1. The fraction of sp³-hybridized carbons (Fsp3) is 0.174. The van der Waals surface area contributed by atoms with Gasteiger partial charge in [0.15, 0.2) is 5.65 Å². The molecule has 4 rings (SSSR count). The number of rotatable bonds is 6. The first-order valence-corrected chi connectivity index (χ1v) is 11.2. The van der Waals surface area contributed by atoms with Crippen molar-refractivity contribution in [2.24, 2.45) is 0 Å². The highest BCUT2D eigenvalue weighted by Crippen LogP contribution is 2.37. The topological polar surface area (TPSA) is 112 Å². The van der Waals surface area contributed by atoms with Crippen LogP contribution in [0, 0.1) is 24.0 Å². The van der Waals surface area contributed by atoms with E-state index < -0.39 is 29.1 Å². The Morgan fingerprint density at radius 2 is 1.89 bits per heavy atom. The number of aromatic nitrogens is 3. The molecular formula is C23H16Cl2F3N5O4. The first-order chi connectivity index (χ1) is 17.3. The first kappa shape index (κ1) is 26.2. The van der Waals surface area contributed by atoms with Crippen LogP contribution < -0.4 is 10.1 Å². The van der Waals surface area contributed by atoms with Crippen molar-refractivity contribution >= 4 is 51.5 Å². The Kier molecular flexibility index (Phi) is 6.98. The number of nitrogens with one attached hydrogen (secondary N) is 1. The lowest BCUT2D eigenvalue weighted by molar-refractivity contribution is -0.384. The van der Waals surface area contributed by atoms with E-state index in [0.29, 0.717) is 5.02 Å². The van der Waals surface area contributed by atoms with Gasteiger partial charge in [0.05, 0.1) is 38.3 Å². The number of nitrogens with zero attached hydrogens (tertiary/aromatic N) is 4. The van der Waals surface area contributed by atoms with E-state index in [9.17, 15) is 28.1 Å². The second-order valence-corrected chi connectivity index (χ2v) is 8.79. The zero-order valence-electron chi connectivity index (χ0n) is 19.1. The molecule has 14 heteroatoms. The lowest BCUT2D eigenvalue weighted by Gasteiger charge is -2.11. The van der Waals surface area contributed by atoms with Crippen LogP contribution in [-0.2, 0) is 17.5 Å². The van der Waals surface area contributed by atoms with E-state index in [-0.39, 0.29) is 50.3 Å². The summed E-state index contributed by atoms with van der Waals surface area (Å²) in [5.74, 6) is -0.539. The Morgan fingerprint density at radius 3 is 2.54 bits per heavy atom. The molecule has 0 aliphatic carbocycles. The molecule has 0 aliphatic heterocycles. The lowest BCUT2D eigenvalue weighted by Crippen LogP contribution is -2.20. The van der Waals surface area contributed by atoms with Gasteiger partial charge in [-0.25, -0.2) is 9.67 Å². The minimum Gasteiger partial charge on any atom is -0.455 e. The van der Waals surface area contributed by atoms with Gasteiger partial charge in [0.25, 0.3) is 5.69 Å². The summed E-state index contributed by atoms with van der Waals surface area (Å²) in [6.45, 7) is 2.29. The van der Waals surface area contributed by atoms with Crippen LogP contribution in [0.3, 0.4) is 0 Å². The van der Waals surface area contributed by atoms with Gasteiger partial charge in [-0.1, -0.05) is 23.2 Å². The highest BCUT2D eigenvalue weighted by atomic mass is 35.5. The maximum absolute atomic E-state index is 13.6. The molecule has 0 saturated carbocycles. The van der Waals surface area contributed by atoms with Gasteiger partial charge in [-0.05, 0) is 38.1 Å². The van der Waals surface area contributed by atoms with Crippen LogP contribution in [0.5, 0.6) is 11.5 Å². The highest BCUT2D eigenvalue weighted by molar-refractivity contribution is 6.35. The van der Waals surface area contributed by atoms with E-state index >= 15 is 0 Å². The van der Waals surface area contributed by atoms with E-state index in [1.807, 2.05) is 0 Å². The number of carbonyl (C=O) groups excluding carboxylic acids is 1. The summed E-state index contributed by atoms with van der Waals surface area (Å²) >= 11 is 12.0. The number of non-ortho nitro benzene ring substituents is 1. The van der Waals surface area contributed by atoms with Crippen molar-refractivity contribution in [3.63, 3.8) is 0 Å². The molecule has 2 aromatic carbocycles. The SMILES string of the molecule is Cc1cc(C(F)(F)F)c2c(C)nn(CC(=O)Nc3cc(Oc4ccc(Cl)cc4Cl)cc([N+](=O)[O-])c3)c2n1. The van der Waals surface area contributed by atoms with Gasteiger partial charge in [0, 0.05) is 22.8 Å². The van der Waals surface area contributed by atoms with Crippen LogP contribution in [0.1, 0.15) is 17.0 Å². The molecule has 0 fully saturated rings. The number of aryl methyl sites for hydroxylation is 2. The smallest absolute Gasteiger partial charge is 0.417 e. The molecule has 192 valence electrons. The van der Waals surface area contributed by atoms with Gasteiger partial charge in [0.2, 0.25) is 5.91 Å². The Bertz CT molecular complexity index is 1560. The number of fused-ring (bicyclic) bond motifs is 1. The fourth-order valence-electron chi connectivity index (χ4n) is 3.65. The number of hydrogen-bond acceptors (Lipinski definition) is 6. The second kappa shape index (κ2) is 9.87. The number of hydrogen-bond donors (Lipinski definition) is 1. The molecule has 0 atom stereocenters. The molecule has 9 nitrogen and oxygen atoms in total. The number of benzene rings is 2. The normalized spacial score (nSPS) is 11.5. The quantitative estimate of drug-likeness (QED) is 0.209. The summed E-state index contributed by atoms with van der Waals surface area (Å²) in [5, 5.41) is 18.3. The van der Waals surface area contributed by atoms with Crippen molar-refractivity contribution in [3.8, 4) is 11.5 Å². The molecule has 0 radical (unpaired) electrons. The zero-order chi connectivity index (χ0) is 27.1. The highest BCUT2D eigenvalue weighted by Gasteiger charge is 2.35. The van der Waals surface area contributed by atoms with Gasteiger partial charge in [-0.2, -0.15) is 18.3 Å². The van der Waals surface area contributed by atoms with E-state index in [0.717, 1.165) is 22.9 Å². The number of alkyl halides is 3. The molecule has 0 aliphatic rings. The van der Waals surface area contributed by atoms with Crippen molar-refractivity contribution in [1.82, 2.24) is 14.8 Å². The van der Waals surface area contributed by atoms with E-state index in [1.165, 1.54) is 38.1 Å². The predicted molar refractivity (Wildman–Crippen MR) is 130 cm³/mol. The van der Waals surface area contributed by atoms with E-state index in [1.54, 1.807) is 0 Å². The van der Waals surface area contributed by atoms with Crippen LogP contribution in [-0.4, -0.2) is 25.6 Å².